The van der Waals surface area contributed by atoms with E-state index >= 15 is 0 Å². The minimum Gasteiger partial charge on any atom is -0.379 e. The Balaban J connectivity index is 1.45. The third kappa shape index (κ3) is 3.34. The maximum Gasteiger partial charge on any atom is 0.277 e. The standard InChI is InChI=1S/C27H24F4N6O/c1-25(2)14-10-11-27(25,21-13(14)12-18(34-35-21)20-15(28)6-4-7-16(20)29)19-9-5-8-17(32-19)23-33-24(37-36-23)22(38)26(3,30)31/h4-9,12,14,22,38H,10-11H2,1-3H3,(H,33,36,37)/t14-,22+,27-/m0/s1. The molecule has 7 nitrogen and oxygen atoms in total. The Bertz CT molecular complexity index is 1550. The van der Waals surface area contributed by atoms with Crippen molar-refractivity contribution in [2.45, 2.75) is 57.0 Å². The Kier molecular flexibility index (Phi) is 5.26. The van der Waals surface area contributed by atoms with Gasteiger partial charge in [-0.15, -0.1) is 5.10 Å². The fraction of sp³-hybridized carbons (Fsp3) is 0.370. The van der Waals surface area contributed by atoms with Crippen LogP contribution in [0.15, 0.2) is 42.5 Å². The second kappa shape index (κ2) is 8.13. The zero-order valence-electron chi connectivity index (χ0n) is 20.8. The van der Waals surface area contributed by atoms with E-state index < -0.39 is 29.1 Å². The monoisotopic (exact) mass is 524 g/mol. The molecule has 6 rings (SSSR count). The molecule has 3 atom stereocenters. The van der Waals surface area contributed by atoms with Gasteiger partial charge in [-0.3, -0.25) is 5.10 Å². The van der Waals surface area contributed by atoms with Gasteiger partial charge in [-0.25, -0.2) is 27.5 Å². The second-order valence-electron chi connectivity index (χ2n) is 10.7. The van der Waals surface area contributed by atoms with Gasteiger partial charge in [0, 0.05) is 6.92 Å². The largest absolute Gasteiger partial charge is 0.379 e. The number of halogens is 4. The summed E-state index contributed by atoms with van der Waals surface area (Å²) in [5.74, 6) is -5.04. The molecule has 0 aliphatic heterocycles. The number of aliphatic hydroxyl groups excluding tert-OH is 1. The number of aromatic nitrogens is 6. The van der Waals surface area contributed by atoms with Gasteiger partial charge in [-0.05, 0) is 60.1 Å². The maximum atomic E-state index is 14.5. The zero-order valence-corrected chi connectivity index (χ0v) is 20.8. The van der Waals surface area contributed by atoms with Crippen LogP contribution in [-0.4, -0.2) is 41.4 Å². The van der Waals surface area contributed by atoms with E-state index in [-0.39, 0.29) is 34.2 Å². The molecule has 38 heavy (non-hydrogen) atoms. The molecule has 11 heteroatoms. The van der Waals surface area contributed by atoms with Crippen molar-refractivity contribution in [3.8, 4) is 22.8 Å². The minimum absolute atomic E-state index is 0.0593. The molecule has 0 unspecified atom stereocenters. The van der Waals surface area contributed by atoms with E-state index in [2.05, 4.69) is 39.2 Å². The van der Waals surface area contributed by atoms with Crippen LogP contribution in [0, 0.1) is 17.0 Å². The molecule has 1 fully saturated rings. The molecule has 2 bridgehead atoms. The summed E-state index contributed by atoms with van der Waals surface area (Å²) in [6.45, 7) is 4.84. The highest BCUT2D eigenvalue weighted by Crippen LogP contribution is 2.69. The van der Waals surface area contributed by atoms with Crippen LogP contribution in [0.1, 0.15) is 68.4 Å². The third-order valence-corrected chi connectivity index (χ3v) is 8.26. The van der Waals surface area contributed by atoms with E-state index in [1.54, 1.807) is 18.2 Å². The Morgan fingerprint density at radius 2 is 1.74 bits per heavy atom. The van der Waals surface area contributed by atoms with Gasteiger partial charge in [0.2, 0.25) is 0 Å². The molecular weight excluding hydrogens is 500 g/mol. The van der Waals surface area contributed by atoms with Crippen molar-refractivity contribution >= 4 is 0 Å². The lowest BCUT2D eigenvalue weighted by Gasteiger charge is -2.37. The lowest BCUT2D eigenvalue weighted by molar-refractivity contribution is -0.0989. The molecule has 2 aliphatic rings. The quantitative estimate of drug-likeness (QED) is 0.335. The first kappa shape index (κ1) is 24.6. The lowest BCUT2D eigenvalue weighted by Crippen LogP contribution is -2.37. The van der Waals surface area contributed by atoms with Crippen LogP contribution < -0.4 is 0 Å². The summed E-state index contributed by atoms with van der Waals surface area (Å²) in [5, 5.41) is 25.0. The molecular formula is C27H24F4N6O. The lowest BCUT2D eigenvalue weighted by atomic mass is 9.66. The van der Waals surface area contributed by atoms with Gasteiger partial charge in [0.1, 0.15) is 17.3 Å². The van der Waals surface area contributed by atoms with Gasteiger partial charge in [-0.1, -0.05) is 26.0 Å². The van der Waals surface area contributed by atoms with E-state index in [1.165, 1.54) is 18.2 Å². The summed E-state index contributed by atoms with van der Waals surface area (Å²) < 4.78 is 56.2. The highest BCUT2D eigenvalue weighted by molar-refractivity contribution is 5.64. The number of aliphatic hydroxyl groups is 1. The topological polar surface area (TPSA) is 100 Å². The summed E-state index contributed by atoms with van der Waals surface area (Å²) in [6, 6.07) is 10.7. The predicted octanol–water partition coefficient (Wildman–Crippen LogP) is 5.49. The van der Waals surface area contributed by atoms with E-state index in [1.807, 2.05) is 6.07 Å². The van der Waals surface area contributed by atoms with Crippen LogP contribution >= 0.6 is 0 Å². The van der Waals surface area contributed by atoms with E-state index in [9.17, 15) is 22.7 Å². The summed E-state index contributed by atoms with van der Waals surface area (Å²) in [4.78, 5) is 8.89. The van der Waals surface area contributed by atoms with Crippen molar-refractivity contribution in [3.63, 3.8) is 0 Å². The fourth-order valence-corrected chi connectivity index (χ4v) is 6.30. The Labute approximate surface area is 215 Å². The van der Waals surface area contributed by atoms with Crippen LogP contribution in [0.25, 0.3) is 22.8 Å². The predicted molar refractivity (Wildman–Crippen MR) is 129 cm³/mol. The normalized spacial score (nSPS) is 22.5. The number of pyridine rings is 1. The number of benzene rings is 1. The van der Waals surface area contributed by atoms with Gasteiger partial charge < -0.3 is 5.11 Å². The molecule has 4 aromatic rings. The number of nitrogens with zero attached hydrogens (tertiary/aromatic N) is 5. The Morgan fingerprint density at radius 3 is 2.45 bits per heavy atom. The van der Waals surface area contributed by atoms with Crippen LogP contribution in [0.4, 0.5) is 17.6 Å². The van der Waals surface area contributed by atoms with Crippen LogP contribution in [0.2, 0.25) is 0 Å². The molecule has 1 saturated carbocycles. The van der Waals surface area contributed by atoms with Crippen LogP contribution in [0.5, 0.6) is 0 Å². The van der Waals surface area contributed by atoms with Crippen LogP contribution in [-0.2, 0) is 5.41 Å². The Morgan fingerprint density at radius 1 is 1.03 bits per heavy atom. The van der Waals surface area contributed by atoms with E-state index in [0.29, 0.717) is 24.0 Å². The molecule has 0 saturated heterocycles. The highest BCUT2D eigenvalue weighted by atomic mass is 19.3. The molecule has 3 heterocycles. The number of alkyl halides is 2. The van der Waals surface area contributed by atoms with E-state index in [4.69, 9.17) is 4.98 Å². The average Bonchev–Trinajstić information content (AvgIpc) is 3.51. The zero-order chi connectivity index (χ0) is 27.0. The number of hydrogen-bond acceptors (Lipinski definition) is 6. The van der Waals surface area contributed by atoms with Crippen molar-refractivity contribution in [1.82, 2.24) is 30.4 Å². The first-order valence-electron chi connectivity index (χ1n) is 12.2. The van der Waals surface area contributed by atoms with Crippen LogP contribution in [0.3, 0.4) is 0 Å². The first-order valence-corrected chi connectivity index (χ1v) is 12.2. The van der Waals surface area contributed by atoms with Crippen molar-refractivity contribution in [3.05, 3.63) is 76.9 Å². The maximum absolute atomic E-state index is 14.5. The summed E-state index contributed by atoms with van der Waals surface area (Å²) in [7, 11) is 0. The van der Waals surface area contributed by atoms with Gasteiger partial charge in [-0.2, -0.15) is 10.2 Å². The van der Waals surface area contributed by atoms with Crippen molar-refractivity contribution < 1.29 is 22.7 Å². The molecule has 3 aromatic heterocycles. The number of nitrogens with one attached hydrogen (secondary N) is 1. The smallest absolute Gasteiger partial charge is 0.277 e. The summed E-state index contributed by atoms with van der Waals surface area (Å²) in [5.41, 5.74) is 1.56. The van der Waals surface area contributed by atoms with Crippen molar-refractivity contribution in [2.24, 2.45) is 5.41 Å². The fourth-order valence-electron chi connectivity index (χ4n) is 6.30. The number of aromatic amines is 1. The van der Waals surface area contributed by atoms with Crippen molar-refractivity contribution in [2.75, 3.05) is 0 Å². The second-order valence-corrected chi connectivity index (χ2v) is 10.7. The van der Waals surface area contributed by atoms with Gasteiger partial charge >= 0.3 is 0 Å². The number of hydrogen-bond donors (Lipinski definition) is 2. The molecule has 2 N–H and O–H groups in total. The SMILES string of the molecule is CC(F)(F)[C@H](O)c1nc(-c2cccc([C@@]34CC[C@@H](c5cc(-c6c(F)cccc6F)nnc53)C4(C)C)n2)n[nH]1. The molecule has 1 aromatic carbocycles. The summed E-state index contributed by atoms with van der Waals surface area (Å²) in [6.07, 6.45) is -0.583. The molecule has 0 spiro atoms. The number of fused-ring (bicyclic) bond motifs is 5. The first-order chi connectivity index (χ1) is 17.9. The van der Waals surface area contributed by atoms with Gasteiger partial charge in [0.15, 0.2) is 17.8 Å². The van der Waals surface area contributed by atoms with E-state index in [0.717, 1.165) is 18.4 Å². The number of rotatable bonds is 5. The number of H-pyrrole nitrogens is 1. The highest BCUT2D eigenvalue weighted by Gasteiger charge is 2.65. The molecule has 196 valence electrons. The minimum atomic E-state index is -3.40. The van der Waals surface area contributed by atoms with Gasteiger partial charge in [0.25, 0.3) is 5.92 Å². The molecule has 2 aliphatic carbocycles. The summed E-state index contributed by atoms with van der Waals surface area (Å²) >= 11 is 0. The average molecular weight is 525 g/mol. The Hall–Kier alpha value is -3.73. The van der Waals surface area contributed by atoms with Gasteiger partial charge in [0.05, 0.1) is 28.1 Å². The molecule has 0 radical (unpaired) electrons. The van der Waals surface area contributed by atoms with Crippen molar-refractivity contribution in [1.29, 1.82) is 0 Å². The third-order valence-electron chi connectivity index (χ3n) is 8.26. The molecule has 0 amide bonds.